The number of hydrogen-bond donors (Lipinski definition) is 0. The number of pyridine rings is 1. The second-order valence-corrected chi connectivity index (χ2v) is 6.31. The Labute approximate surface area is 150 Å². The third-order valence-corrected chi connectivity index (χ3v) is 4.81. The van der Waals surface area contributed by atoms with E-state index in [9.17, 15) is 14.4 Å². The fraction of sp³-hybridized carbons (Fsp3) is 0.263. The predicted octanol–water partition coefficient (Wildman–Crippen LogP) is 1.60. The van der Waals surface area contributed by atoms with Gasteiger partial charge in [-0.2, -0.15) is 0 Å². The summed E-state index contributed by atoms with van der Waals surface area (Å²) in [4.78, 5) is 44.8. The summed E-state index contributed by atoms with van der Waals surface area (Å²) < 4.78 is 5.16. The van der Waals surface area contributed by atoms with Crippen LogP contribution in [-0.4, -0.2) is 58.7 Å². The van der Waals surface area contributed by atoms with Gasteiger partial charge in [0.25, 0.3) is 17.7 Å². The fourth-order valence-electron chi connectivity index (χ4n) is 3.49. The highest BCUT2D eigenvalue weighted by Crippen LogP contribution is 2.27. The zero-order chi connectivity index (χ0) is 18.3. The second kappa shape index (κ2) is 6.25. The molecule has 1 aromatic heterocycles. The number of benzene rings is 1. The lowest BCUT2D eigenvalue weighted by Crippen LogP contribution is -2.42. The Bertz CT molecular complexity index is 876. The van der Waals surface area contributed by atoms with Gasteiger partial charge in [0.05, 0.1) is 18.7 Å². The first-order valence-corrected chi connectivity index (χ1v) is 8.36. The number of ether oxygens (including phenoxy) is 1. The molecule has 0 spiro atoms. The number of carbonyl (C=O) groups is 3. The minimum atomic E-state index is -0.383. The molecule has 1 saturated heterocycles. The molecule has 2 aromatic rings. The number of rotatable bonds is 3. The topological polar surface area (TPSA) is 79.8 Å². The van der Waals surface area contributed by atoms with Crippen molar-refractivity contribution in [3.8, 4) is 5.75 Å². The van der Waals surface area contributed by atoms with Crippen molar-refractivity contribution < 1.29 is 19.1 Å². The van der Waals surface area contributed by atoms with E-state index in [2.05, 4.69) is 4.98 Å². The van der Waals surface area contributed by atoms with Crippen molar-refractivity contribution in [2.75, 3.05) is 20.2 Å². The first-order valence-electron chi connectivity index (χ1n) is 8.36. The van der Waals surface area contributed by atoms with Crippen molar-refractivity contribution in [1.82, 2.24) is 14.8 Å². The fourth-order valence-corrected chi connectivity index (χ4v) is 3.49. The summed E-state index contributed by atoms with van der Waals surface area (Å²) in [6.07, 6.45) is 2.06. The number of amides is 3. The average molecular weight is 351 g/mol. The van der Waals surface area contributed by atoms with Gasteiger partial charge in [0, 0.05) is 24.8 Å². The minimum Gasteiger partial charge on any atom is -0.497 e. The summed E-state index contributed by atoms with van der Waals surface area (Å²) in [5, 5.41) is 0. The highest BCUT2D eigenvalue weighted by atomic mass is 16.5. The number of hydrogen-bond acceptors (Lipinski definition) is 5. The van der Waals surface area contributed by atoms with Crippen LogP contribution in [-0.2, 0) is 0 Å². The molecule has 132 valence electrons. The standard InChI is InChI=1S/C19H17N3O4/c1-26-14-5-2-4-12(10-14)17(23)21-9-7-13(11-21)22-18(24)15-6-3-8-20-16(15)19(22)25/h2-6,8,10,13H,7,9,11H2,1H3. The summed E-state index contributed by atoms with van der Waals surface area (Å²) in [5.41, 5.74) is 1.04. The van der Waals surface area contributed by atoms with Gasteiger partial charge < -0.3 is 9.64 Å². The van der Waals surface area contributed by atoms with E-state index in [1.165, 1.54) is 11.1 Å². The molecule has 1 atom stereocenters. The Morgan fingerprint density at radius 3 is 2.81 bits per heavy atom. The van der Waals surface area contributed by atoms with Gasteiger partial charge in [0.1, 0.15) is 11.4 Å². The zero-order valence-corrected chi connectivity index (χ0v) is 14.2. The molecule has 1 fully saturated rings. The number of nitrogens with zero attached hydrogens (tertiary/aromatic N) is 3. The summed E-state index contributed by atoms with van der Waals surface area (Å²) in [6.45, 7) is 0.809. The Hall–Kier alpha value is -3.22. The Balaban J connectivity index is 1.52. The Morgan fingerprint density at radius 2 is 2.04 bits per heavy atom. The molecule has 26 heavy (non-hydrogen) atoms. The van der Waals surface area contributed by atoms with Crippen LogP contribution in [0, 0.1) is 0 Å². The molecule has 1 unspecified atom stereocenters. The van der Waals surface area contributed by atoms with E-state index in [4.69, 9.17) is 4.74 Å². The van der Waals surface area contributed by atoms with Crippen molar-refractivity contribution in [2.24, 2.45) is 0 Å². The molecule has 0 radical (unpaired) electrons. The molecule has 3 heterocycles. The number of imide groups is 1. The lowest BCUT2D eigenvalue weighted by Gasteiger charge is -2.22. The predicted molar refractivity (Wildman–Crippen MR) is 92.0 cm³/mol. The van der Waals surface area contributed by atoms with Gasteiger partial charge in [-0.3, -0.25) is 24.3 Å². The smallest absolute Gasteiger partial charge is 0.280 e. The van der Waals surface area contributed by atoms with E-state index in [1.54, 1.807) is 48.4 Å². The lowest BCUT2D eigenvalue weighted by molar-refractivity contribution is 0.0573. The van der Waals surface area contributed by atoms with Crippen molar-refractivity contribution in [3.05, 3.63) is 59.4 Å². The van der Waals surface area contributed by atoms with Gasteiger partial charge in [-0.1, -0.05) is 6.07 Å². The van der Waals surface area contributed by atoms with E-state index >= 15 is 0 Å². The third-order valence-electron chi connectivity index (χ3n) is 4.81. The molecule has 7 nitrogen and oxygen atoms in total. The molecule has 0 bridgehead atoms. The van der Waals surface area contributed by atoms with Gasteiger partial charge in [-0.25, -0.2) is 0 Å². The third kappa shape index (κ3) is 2.52. The van der Waals surface area contributed by atoms with Gasteiger partial charge in [0.15, 0.2) is 0 Å². The van der Waals surface area contributed by atoms with Crippen LogP contribution in [0.5, 0.6) is 5.75 Å². The Kier molecular flexibility index (Phi) is 3.91. The highest BCUT2D eigenvalue weighted by molar-refractivity contribution is 6.20. The molecular formula is C19H17N3O4. The second-order valence-electron chi connectivity index (χ2n) is 6.31. The van der Waals surface area contributed by atoms with Crippen LogP contribution >= 0.6 is 0 Å². The van der Waals surface area contributed by atoms with Crippen LogP contribution in [0.3, 0.4) is 0 Å². The van der Waals surface area contributed by atoms with Crippen LogP contribution in [0.25, 0.3) is 0 Å². The normalized spacial score (nSPS) is 19.0. The van der Waals surface area contributed by atoms with E-state index in [1.807, 2.05) is 0 Å². The number of likely N-dealkylation sites (tertiary alicyclic amines) is 1. The van der Waals surface area contributed by atoms with Gasteiger partial charge in [0.2, 0.25) is 0 Å². The number of methoxy groups -OCH3 is 1. The largest absolute Gasteiger partial charge is 0.497 e. The van der Waals surface area contributed by atoms with Crippen LogP contribution in [0.1, 0.15) is 37.6 Å². The molecule has 0 saturated carbocycles. The molecule has 2 aliphatic rings. The summed E-state index contributed by atoms with van der Waals surface area (Å²) in [6, 6.07) is 9.85. The summed E-state index contributed by atoms with van der Waals surface area (Å²) in [5.74, 6) is -0.246. The molecule has 1 aromatic carbocycles. The maximum Gasteiger partial charge on any atom is 0.280 e. The van der Waals surface area contributed by atoms with Gasteiger partial charge in [-0.15, -0.1) is 0 Å². The van der Waals surface area contributed by atoms with Gasteiger partial charge >= 0.3 is 0 Å². The van der Waals surface area contributed by atoms with E-state index in [0.29, 0.717) is 36.4 Å². The zero-order valence-electron chi connectivity index (χ0n) is 14.2. The van der Waals surface area contributed by atoms with Crippen LogP contribution in [0.15, 0.2) is 42.6 Å². The van der Waals surface area contributed by atoms with Crippen LogP contribution < -0.4 is 4.74 Å². The first-order chi connectivity index (χ1) is 12.6. The minimum absolute atomic E-state index is 0.138. The molecule has 0 aliphatic carbocycles. The van der Waals surface area contributed by atoms with Crippen molar-refractivity contribution >= 4 is 17.7 Å². The van der Waals surface area contributed by atoms with Crippen LogP contribution in [0.2, 0.25) is 0 Å². The summed E-state index contributed by atoms with van der Waals surface area (Å²) in [7, 11) is 1.55. The molecule has 3 amide bonds. The molecule has 4 rings (SSSR count). The molecule has 7 heteroatoms. The van der Waals surface area contributed by atoms with Crippen molar-refractivity contribution in [2.45, 2.75) is 12.5 Å². The van der Waals surface area contributed by atoms with E-state index in [0.717, 1.165) is 0 Å². The quantitative estimate of drug-likeness (QED) is 0.785. The summed E-state index contributed by atoms with van der Waals surface area (Å²) >= 11 is 0. The maximum absolute atomic E-state index is 12.7. The number of fused-ring (bicyclic) bond motifs is 1. The average Bonchev–Trinajstić information content (AvgIpc) is 3.25. The van der Waals surface area contributed by atoms with Crippen molar-refractivity contribution in [3.63, 3.8) is 0 Å². The highest BCUT2D eigenvalue weighted by Gasteiger charge is 2.43. The van der Waals surface area contributed by atoms with Gasteiger partial charge in [-0.05, 0) is 36.8 Å². The van der Waals surface area contributed by atoms with Crippen molar-refractivity contribution in [1.29, 1.82) is 0 Å². The van der Waals surface area contributed by atoms with E-state index < -0.39 is 0 Å². The maximum atomic E-state index is 12.7. The van der Waals surface area contributed by atoms with Crippen LogP contribution in [0.4, 0.5) is 0 Å². The number of carbonyl (C=O) groups excluding carboxylic acids is 3. The number of aromatic nitrogens is 1. The lowest BCUT2D eigenvalue weighted by atomic mass is 10.2. The molecular weight excluding hydrogens is 334 g/mol. The molecule has 2 aliphatic heterocycles. The van der Waals surface area contributed by atoms with E-state index in [-0.39, 0.29) is 29.5 Å². The molecule has 0 N–H and O–H groups in total. The first kappa shape index (κ1) is 16.3. The SMILES string of the molecule is COc1cccc(C(=O)N2CCC(N3C(=O)c4cccnc4C3=O)C2)c1. The Morgan fingerprint density at radius 1 is 1.19 bits per heavy atom. The monoisotopic (exact) mass is 351 g/mol.